The third kappa shape index (κ3) is 2.47. The first-order valence-corrected chi connectivity index (χ1v) is 4.78. The number of anilines is 1. The van der Waals surface area contributed by atoms with Crippen LogP contribution in [0.15, 0.2) is 29.1 Å². The fourth-order valence-electron chi connectivity index (χ4n) is 1.38. The van der Waals surface area contributed by atoms with E-state index >= 15 is 0 Å². The van der Waals surface area contributed by atoms with Gasteiger partial charge in [0.15, 0.2) is 0 Å². The molecule has 5 nitrogen and oxygen atoms in total. The van der Waals surface area contributed by atoms with Crippen molar-refractivity contribution >= 4 is 5.95 Å². The second-order valence-electron chi connectivity index (χ2n) is 3.44. The Morgan fingerprint density at radius 2 is 1.94 bits per heavy atom. The van der Waals surface area contributed by atoms with Gasteiger partial charge in [0.1, 0.15) is 5.82 Å². The highest BCUT2D eigenvalue weighted by Crippen LogP contribution is 2.31. The summed E-state index contributed by atoms with van der Waals surface area (Å²) in [5.41, 5.74) is 3.76. The van der Waals surface area contributed by atoms with Crippen LogP contribution in [0.5, 0.6) is 0 Å². The summed E-state index contributed by atoms with van der Waals surface area (Å²) in [5.74, 6) is -0.357. The number of alkyl halides is 3. The Labute approximate surface area is 98.5 Å². The summed E-state index contributed by atoms with van der Waals surface area (Å²) in [6.45, 7) is 0. The number of aromatic nitrogens is 3. The minimum Gasteiger partial charge on any atom is -0.368 e. The number of hydrogen-bond acceptors (Lipinski definition) is 4. The molecule has 8 heteroatoms. The third-order valence-electron chi connectivity index (χ3n) is 2.13. The molecule has 0 spiro atoms. The Morgan fingerprint density at radius 1 is 1.22 bits per heavy atom. The van der Waals surface area contributed by atoms with Crippen LogP contribution in [0, 0.1) is 0 Å². The summed E-state index contributed by atoms with van der Waals surface area (Å²) in [4.78, 5) is 20.2. The van der Waals surface area contributed by atoms with Gasteiger partial charge in [-0.1, -0.05) is 12.1 Å². The normalized spacial score (nSPS) is 11.5. The lowest BCUT2D eigenvalue weighted by molar-refractivity contribution is -0.137. The van der Waals surface area contributed by atoms with E-state index in [0.29, 0.717) is 0 Å². The van der Waals surface area contributed by atoms with E-state index in [4.69, 9.17) is 5.73 Å². The first kappa shape index (κ1) is 12.1. The number of nitrogens with one attached hydrogen (secondary N) is 1. The minimum absolute atomic E-state index is 0.0569. The number of aromatic amines is 1. The molecule has 2 aromatic rings. The number of H-pyrrole nitrogens is 1. The standard InChI is InChI=1S/C10H7F3N4O/c11-10(12,13)6-3-1-2-5(4-6)7-15-8(14)17-9(18)16-7/h1-4H,(H3,14,15,16,17,18). The van der Waals surface area contributed by atoms with Gasteiger partial charge >= 0.3 is 11.9 Å². The molecule has 1 aromatic heterocycles. The third-order valence-corrected chi connectivity index (χ3v) is 2.13. The average Bonchev–Trinajstić information content (AvgIpc) is 2.27. The summed E-state index contributed by atoms with van der Waals surface area (Å²) in [5, 5.41) is 0. The van der Waals surface area contributed by atoms with Gasteiger partial charge in [0, 0.05) is 5.56 Å². The van der Waals surface area contributed by atoms with Crippen LogP contribution in [0.1, 0.15) is 5.56 Å². The number of rotatable bonds is 1. The van der Waals surface area contributed by atoms with E-state index in [1.165, 1.54) is 12.1 Å². The highest BCUT2D eigenvalue weighted by molar-refractivity contribution is 5.56. The van der Waals surface area contributed by atoms with E-state index < -0.39 is 17.4 Å². The van der Waals surface area contributed by atoms with Crippen molar-refractivity contribution in [1.29, 1.82) is 0 Å². The van der Waals surface area contributed by atoms with E-state index in [0.717, 1.165) is 12.1 Å². The Balaban J connectivity index is 2.54. The van der Waals surface area contributed by atoms with E-state index in [-0.39, 0.29) is 17.3 Å². The number of nitrogens with two attached hydrogens (primary N) is 1. The van der Waals surface area contributed by atoms with Crippen LogP contribution >= 0.6 is 0 Å². The summed E-state index contributed by atoms with van der Waals surface area (Å²) < 4.78 is 37.5. The van der Waals surface area contributed by atoms with Crippen molar-refractivity contribution < 1.29 is 13.2 Å². The SMILES string of the molecule is Nc1nc(-c2cccc(C(F)(F)F)c2)[nH]c(=O)n1. The lowest BCUT2D eigenvalue weighted by atomic mass is 10.1. The van der Waals surface area contributed by atoms with E-state index in [9.17, 15) is 18.0 Å². The number of hydrogen-bond donors (Lipinski definition) is 2. The predicted octanol–water partition coefficient (Wildman–Crippen LogP) is 1.43. The number of halogens is 3. The lowest BCUT2D eigenvalue weighted by Gasteiger charge is -2.08. The van der Waals surface area contributed by atoms with Crippen LogP contribution < -0.4 is 11.4 Å². The first-order chi connectivity index (χ1) is 8.36. The summed E-state index contributed by atoms with van der Waals surface area (Å²) in [6, 6.07) is 4.39. The Hall–Kier alpha value is -2.38. The topological polar surface area (TPSA) is 84.7 Å². The fraction of sp³-hybridized carbons (Fsp3) is 0.100. The largest absolute Gasteiger partial charge is 0.416 e. The van der Waals surface area contributed by atoms with Gasteiger partial charge in [0.25, 0.3) is 0 Å². The van der Waals surface area contributed by atoms with Gasteiger partial charge in [-0.05, 0) is 12.1 Å². The van der Waals surface area contributed by atoms with Crippen molar-refractivity contribution in [3.63, 3.8) is 0 Å². The van der Waals surface area contributed by atoms with Gasteiger partial charge in [-0.25, -0.2) is 4.79 Å². The molecule has 0 atom stereocenters. The van der Waals surface area contributed by atoms with Gasteiger partial charge in [0.2, 0.25) is 5.95 Å². The van der Waals surface area contributed by atoms with Crippen LogP contribution in [0.4, 0.5) is 19.1 Å². The smallest absolute Gasteiger partial charge is 0.368 e. The van der Waals surface area contributed by atoms with Crippen LogP contribution in [0.25, 0.3) is 11.4 Å². The molecular weight excluding hydrogens is 249 g/mol. The second-order valence-corrected chi connectivity index (χ2v) is 3.44. The molecule has 0 bridgehead atoms. The summed E-state index contributed by atoms with van der Waals surface area (Å²) in [6.07, 6.45) is -4.46. The molecule has 0 aliphatic rings. The van der Waals surface area contributed by atoms with E-state index in [1.807, 2.05) is 0 Å². The Kier molecular flexibility index (Phi) is 2.77. The lowest BCUT2D eigenvalue weighted by Crippen LogP contribution is -2.15. The molecule has 1 heterocycles. The zero-order valence-corrected chi connectivity index (χ0v) is 8.82. The van der Waals surface area contributed by atoms with Gasteiger partial charge < -0.3 is 5.73 Å². The minimum atomic E-state index is -4.46. The Morgan fingerprint density at radius 3 is 2.56 bits per heavy atom. The summed E-state index contributed by atoms with van der Waals surface area (Å²) in [7, 11) is 0. The maximum absolute atomic E-state index is 12.5. The first-order valence-electron chi connectivity index (χ1n) is 4.78. The van der Waals surface area contributed by atoms with Crippen LogP contribution in [-0.2, 0) is 6.18 Å². The quantitative estimate of drug-likeness (QED) is 0.808. The summed E-state index contributed by atoms with van der Waals surface area (Å²) >= 11 is 0. The molecule has 0 fully saturated rings. The fourth-order valence-corrected chi connectivity index (χ4v) is 1.38. The molecular formula is C10H7F3N4O. The van der Waals surface area contributed by atoms with Crippen molar-refractivity contribution in [3.8, 4) is 11.4 Å². The van der Waals surface area contributed by atoms with Gasteiger partial charge in [-0.3, -0.25) is 4.98 Å². The zero-order valence-electron chi connectivity index (χ0n) is 8.82. The number of nitrogen functional groups attached to an aromatic ring is 1. The highest BCUT2D eigenvalue weighted by atomic mass is 19.4. The van der Waals surface area contributed by atoms with E-state index in [2.05, 4.69) is 15.0 Å². The highest BCUT2D eigenvalue weighted by Gasteiger charge is 2.30. The molecule has 0 saturated carbocycles. The van der Waals surface area contributed by atoms with Crippen LogP contribution in [0.3, 0.4) is 0 Å². The average molecular weight is 256 g/mol. The van der Waals surface area contributed by atoms with Crippen molar-refractivity contribution in [3.05, 3.63) is 40.3 Å². The van der Waals surface area contributed by atoms with Crippen molar-refractivity contribution in [2.24, 2.45) is 0 Å². The predicted molar refractivity (Wildman–Crippen MR) is 57.5 cm³/mol. The monoisotopic (exact) mass is 256 g/mol. The molecule has 0 aliphatic heterocycles. The molecule has 0 radical (unpaired) electrons. The molecule has 2 rings (SSSR count). The van der Waals surface area contributed by atoms with E-state index in [1.54, 1.807) is 0 Å². The number of benzene rings is 1. The van der Waals surface area contributed by atoms with Crippen molar-refractivity contribution in [2.75, 3.05) is 5.73 Å². The van der Waals surface area contributed by atoms with Gasteiger partial charge in [0.05, 0.1) is 5.56 Å². The number of nitrogens with zero attached hydrogens (tertiary/aromatic N) is 2. The zero-order chi connectivity index (χ0) is 13.3. The molecule has 0 amide bonds. The second kappa shape index (κ2) is 4.13. The van der Waals surface area contributed by atoms with Crippen LogP contribution in [-0.4, -0.2) is 15.0 Å². The Bertz CT molecular complexity index is 636. The molecule has 1 aromatic carbocycles. The molecule has 94 valence electrons. The van der Waals surface area contributed by atoms with Crippen molar-refractivity contribution in [2.45, 2.75) is 6.18 Å². The molecule has 0 saturated heterocycles. The molecule has 0 unspecified atom stereocenters. The van der Waals surface area contributed by atoms with Crippen LogP contribution in [0.2, 0.25) is 0 Å². The van der Waals surface area contributed by atoms with Gasteiger partial charge in [-0.15, -0.1) is 0 Å². The molecule has 3 N–H and O–H groups in total. The molecule has 18 heavy (non-hydrogen) atoms. The van der Waals surface area contributed by atoms with Crippen molar-refractivity contribution in [1.82, 2.24) is 15.0 Å². The van der Waals surface area contributed by atoms with Gasteiger partial charge in [-0.2, -0.15) is 23.1 Å². The molecule has 0 aliphatic carbocycles. The maximum Gasteiger partial charge on any atom is 0.416 e. The maximum atomic E-state index is 12.5.